The molecule has 5 nitrogen and oxygen atoms in total. The lowest BCUT2D eigenvalue weighted by Gasteiger charge is -2.30. The third-order valence-corrected chi connectivity index (χ3v) is 4.24. The highest BCUT2D eigenvalue weighted by atomic mass is 19.1. The molecule has 0 fully saturated rings. The molecule has 0 spiro atoms. The first kappa shape index (κ1) is 15.5. The molecule has 2 aromatic rings. The van der Waals surface area contributed by atoms with Crippen LogP contribution in [0.4, 0.5) is 4.39 Å². The molecule has 0 aliphatic carbocycles. The molecule has 1 aromatic carbocycles. The van der Waals surface area contributed by atoms with E-state index in [1.165, 1.54) is 18.3 Å². The first-order valence-electron chi connectivity index (χ1n) is 7.61. The Hall–Kier alpha value is -2.37. The number of nitrogens with zero attached hydrogens (tertiary/aromatic N) is 2. The third kappa shape index (κ3) is 2.69. The number of hydrogen-bond donors (Lipinski definition) is 2. The first-order chi connectivity index (χ1) is 10.8. The summed E-state index contributed by atoms with van der Waals surface area (Å²) in [7, 11) is 0. The van der Waals surface area contributed by atoms with Crippen molar-refractivity contribution < 1.29 is 14.3 Å². The molecule has 2 heterocycles. The van der Waals surface area contributed by atoms with Crippen molar-refractivity contribution in [3.8, 4) is 5.75 Å². The number of phenols is 1. The number of hydrogen-bond acceptors (Lipinski definition) is 3. The van der Waals surface area contributed by atoms with Crippen molar-refractivity contribution in [2.45, 2.75) is 39.2 Å². The van der Waals surface area contributed by atoms with Gasteiger partial charge in [0.2, 0.25) is 0 Å². The van der Waals surface area contributed by atoms with E-state index in [2.05, 4.69) is 10.2 Å². The summed E-state index contributed by atoms with van der Waals surface area (Å²) >= 11 is 0. The average Bonchev–Trinajstić information content (AvgIpc) is 3.00. The first-order valence-corrected chi connectivity index (χ1v) is 7.61. The minimum atomic E-state index is -0.390. The maximum Gasteiger partial charge on any atom is 0.257 e. The molecular formula is C17H20FN3O2. The lowest BCUT2D eigenvalue weighted by Crippen LogP contribution is -2.37. The number of carbonyl (C=O) groups is 1. The Kier molecular flexibility index (Phi) is 3.62. The molecule has 0 saturated carbocycles. The Morgan fingerprint density at radius 1 is 1.35 bits per heavy atom. The predicted octanol–water partition coefficient (Wildman–Crippen LogP) is 2.75. The largest absolute Gasteiger partial charge is 0.508 e. The van der Waals surface area contributed by atoms with Crippen molar-refractivity contribution in [3.63, 3.8) is 0 Å². The monoisotopic (exact) mass is 317 g/mol. The minimum Gasteiger partial charge on any atom is -0.508 e. The summed E-state index contributed by atoms with van der Waals surface area (Å²) in [4.78, 5) is 14.4. The van der Waals surface area contributed by atoms with Crippen molar-refractivity contribution in [1.82, 2.24) is 15.1 Å². The average molecular weight is 317 g/mol. The molecule has 1 amide bonds. The molecule has 0 unspecified atom stereocenters. The summed E-state index contributed by atoms with van der Waals surface area (Å²) in [6, 6.07) is 2.60. The van der Waals surface area contributed by atoms with Gasteiger partial charge < -0.3 is 10.0 Å². The van der Waals surface area contributed by atoms with Gasteiger partial charge in [0.05, 0.1) is 17.5 Å². The summed E-state index contributed by atoms with van der Waals surface area (Å²) in [5.74, 6) is -0.470. The summed E-state index contributed by atoms with van der Waals surface area (Å²) in [6.45, 7) is 6.60. The number of aromatic nitrogens is 2. The summed E-state index contributed by atoms with van der Waals surface area (Å²) < 4.78 is 14.0. The molecule has 23 heavy (non-hydrogen) atoms. The van der Waals surface area contributed by atoms with Gasteiger partial charge in [-0.2, -0.15) is 5.10 Å². The second-order valence-electron chi connectivity index (χ2n) is 6.91. The summed E-state index contributed by atoms with van der Waals surface area (Å²) in [5, 5.41) is 16.7. The van der Waals surface area contributed by atoms with Crippen LogP contribution < -0.4 is 0 Å². The fourth-order valence-corrected chi connectivity index (χ4v) is 2.98. The molecule has 1 aromatic heterocycles. The Morgan fingerprint density at radius 3 is 2.78 bits per heavy atom. The molecule has 0 saturated heterocycles. The highest BCUT2D eigenvalue weighted by Gasteiger charge is 2.30. The highest BCUT2D eigenvalue weighted by Crippen LogP contribution is 2.31. The molecule has 122 valence electrons. The van der Waals surface area contributed by atoms with Gasteiger partial charge in [-0.15, -0.1) is 0 Å². The van der Waals surface area contributed by atoms with Gasteiger partial charge in [-0.1, -0.05) is 20.8 Å². The fourth-order valence-electron chi connectivity index (χ4n) is 2.98. The van der Waals surface area contributed by atoms with E-state index in [1.807, 2.05) is 20.8 Å². The number of aromatic amines is 1. The molecule has 1 aliphatic rings. The van der Waals surface area contributed by atoms with Crippen LogP contribution in [-0.4, -0.2) is 32.7 Å². The number of aromatic hydroxyl groups is 1. The van der Waals surface area contributed by atoms with E-state index in [1.54, 1.807) is 4.90 Å². The van der Waals surface area contributed by atoms with Crippen LogP contribution in [0.3, 0.4) is 0 Å². The Balaban J connectivity index is 1.91. The van der Waals surface area contributed by atoms with Gasteiger partial charge >= 0.3 is 0 Å². The summed E-state index contributed by atoms with van der Waals surface area (Å²) in [5.41, 5.74) is 2.03. The van der Waals surface area contributed by atoms with E-state index in [0.29, 0.717) is 29.7 Å². The summed E-state index contributed by atoms with van der Waals surface area (Å²) in [6.07, 6.45) is 1.96. The number of benzene rings is 1. The highest BCUT2D eigenvalue weighted by molar-refractivity contribution is 5.95. The van der Waals surface area contributed by atoms with Gasteiger partial charge in [-0.25, -0.2) is 4.39 Å². The quantitative estimate of drug-likeness (QED) is 0.850. The molecule has 6 heteroatoms. The number of amides is 1. The number of fused-ring (bicyclic) bond motifs is 1. The smallest absolute Gasteiger partial charge is 0.257 e. The lowest BCUT2D eigenvalue weighted by molar-refractivity contribution is 0.0729. The van der Waals surface area contributed by atoms with Crippen LogP contribution in [0.1, 0.15) is 48.0 Å². The zero-order valence-electron chi connectivity index (χ0n) is 13.5. The van der Waals surface area contributed by atoms with Crippen LogP contribution in [0.15, 0.2) is 18.3 Å². The van der Waals surface area contributed by atoms with Crippen molar-refractivity contribution in [2.24, 2.45) is 0 Å². The maximum atomic E-state index is 14.0. The normalized spacial score (nSPS) is 14.7. The van der Waals surface area contributed by atoms with E-state index < -0.39 is 5.82 Å². The minimum absolute atomic E-state index is 0.0900. The van der Waals surface area contributed by atoms with Crippen LogP contribution in [0.2, 0.25) is 0 Å². The van der Waals surface area contributed by atoms with Crippen LogP contribution in [-0.2, 0) is 18.4 Å². The van der Waals surface area contributed by atoms with Gasteiger partial charge in [0.25, 0.3) is 5.91 Å². The third-order valence-electron chi connectivity index (χ3n) is 4.24. The van der Waals surface area contributed by atoms with Gasteiger partial charge in [-0.3, -0.25) is 9.89 Å². The van der Waals surface area contributed by atoms with Crippen LogP contribution in [0.5, 0.6) is 5.75 Å². The van der Waals surface area contributed by atoms with Crippen molar-refractivity contribution >= 4 is 5.91 Å². The van der Waals surface area contributed by atoms with E-state index in [4.69, 9.17) is 0 Å². The van der Waals surface area contributed by atoms with Gasteiger partial charge in [0, 0.05) is 29.6 Å². The Morgan fingerprint density at radius 2 is 2.09 bits per heavy atom. The lowest BCUT2D eigenvalue weighted by atomic mass is 9.89. The number of H-pyrrole nitrogens is 1. The number of rotatable bonds is 1. The number of carbonyl (C=O) groups excluding carboxylic acids is 1. The maximum absolute atomic E-state index is 14.0. The van der Waals surface area contributed by atoms with E-state index in [9.17, 15) is 14.3 Å². The second-order valence-corrected chi connectivity index (χ2v) is 6.91. The Bertz CT molecular complexity index is 762. The number of nitrogens with one attached hydrogen (secondary N) is 1. The van der Waals surface area contributed by atoms with Crippen molar-refractivity contribution in [1.29, 1.82) is 0 Å². The van der Waals surface area contributed by atoms with Gasteiger partial charge in [-0.05, 0) is 18.6 Å². The van der Waals surface area contributed by atoms with E-state index in [0.717, 1.165) is 5.69 Å². The van der Waals surface area contributed by atoms with Crippen LogP contribution in [0.25, 0.3) is 0 Å². The standard InChI is InChI=1S/C17H20FN3O2/c1-17(2,3)15-11(8-19-20-15)16(23)21-7-6-10-12(9-21)13(18)4-5-14(10)22/h4-5,8,22H,6-7,9H2,1-3H3,(H,19,20). The van der Waals surface area contributed by atoms with Gasteiger partial charge in [0.15, 0.2) is 0 Å². The number of halogens is 1. The molecular weight excluding hydrogens is 297 g/mol. The SMILES string of the molecule is CC(C)(C)c1[nH]ncc1C(=O)N1CCc2c(O)ccc(F)c2C1. The Labute approximate surface area is 134 Å². The van der Waals surface area contributed by atoms with E-state index in [-0.39, 0.29) is 23.6 Å². The molecule has 3 rings (SSSR count). The van der Waals surface area contributed by atoms with Gasteiger partial charge in [0.1, 0.15) is 11.6 Å². The van der Waals surface area contributed by atoms with Crippen LogP contribution >= 0.6 is 0 Å². The zero-order chi connectivity index (χ0) is 16.8. The predicted molar refractivity (Wildman–Crippen MR) is 83.8 cm³/mol. The zero-order valence-corrected chi connectivity index (χ0v) is 13.5. The molecule has 2 N–H and O–H groups in total. The fraction of sp³-hybridized carbons (Fsp3) is 0.412. The molecule has 1 aliphatic heterocycles. The molecule has 0 atom stereocenters. The number of phenolic OH excluding ortho intramolecular Hbond substituents is 1. The topological polar surface area (TPSA) is 69.2 Å². The van der Waals surface area contributed by atoms with E-state index >= 15 is 0 Å². The van der Waals surface area contributed by atoms with Crippen molar-refractivity contribution in [2.75, 3.05) is 6.54 Å². The molecule has 0 bridgehead atoms. The second kappa shape index (κ2) is 5.37. The van der Waals surface area contributed by atoms with Crippen LogP contribution in [0, 0.1) is 5.82 Å². The van der Waals surface area contributed by atoms with Crippen molar-refractivity contribution in [3.05, 3.63) is 46.5 Å². The molecule has 0 radical (unpaired) electrons.